The molecule has 0 bridgehead atoms. The second kappa shape index (κ2) is 15.1. The number of hydrogen-bond acceptors (Lipinski definition) is 9. The molecule has 12 nitrogen and oxygen atoms in total. The number of imide groups is 2. The van der Waals surface area contributed by atoms with Crippen molar-refractivity contribution in [3.8, 4) is 23.7 Å². The molecule has 13 heteroatoms. The van der Waals surface area contributed by atoms with E-state index in [9.17, 15) is 24.0 Å². The molecule has 1 spiro atoms. The van der Waals surface area contributed by atoms with E-state index in [0.717, 1.165) is 105 Å². The van der Waals surface area contributed by atoms with Crippen LogP contribution in [0.25, 0.3) is 0 Å². The lowest BCUT2D eigenvalue weighted by atomic mass is 9.60. The molecule has 2 saturated carbocycles. The summed E-state index contributed by atoms with van der Waals surface area (Å²) < 4.78 is 6.17. The van der Waals surface area contributed by atoms with Crippen molar-refractivity contribution in [2.24, 2.45) is 11.3 Å². The van der Waals surface area contributed by atoms with E-state index in [1.807, 2.05) is 17.0 Å². The van der Waals surface area contributed by atoms with Gasteiger partial charge in [-0.15, -0.1) is 0 Å². The van der Waals surface area contributed by atoms with Crippen molar-refractivity contribution < 1.29 is 28.7 Å². The van der Waals surface area contributed by atoms with Crippen molar-refractivity contribution in [3.05, 3.63) is 93.0 Å². The predicted molar refractivity (Wildman–Crippen MR) is 221 cm³/mol. The minimum Gasteiger partial charge on any atom is -0.490 e. The highest BCUT2D eigenvalue weighted by Crippen LogP contribution is 2.52. The van der Waals surface area contributed by atoms with E-state index >= 15 is 0 Å². The Morgan fingerprint density at radius 3 is 2.28 bits per heavy atom. The summed E-state index contributed by atoms with van der Waals surface area (Å²) in [6, 6.07) is 18.5. The predicted octanol–water partition coefficient (Wildman–Crippen LogP) is 5.69. The number of piperidine rings is 2. The van der Waals surface area contributed by atoms with E-state index in [-0.39, 0.29) is 42.2 Å². The number of nitrogens with one attached hydrogen (secondary N) is 1. The number of rotatable bonds is 6. The highest BCUT2D eigenvalue weighted by Gasteiger charge is 2.54. The Hall–Kier alpha value is -5.69. The Kier molecular flexibility index (Phi) is 9.69. The zero-order valence-corrected chi connectivity index (χ0v) is 34.0. The van der Waals surface area contributed by atoms with Gasteiger partial charge in [0, 0.05) is 72.4 Å². The standard InChI is InChI=1S/C47H45ClN6O6/c48-40-21-36(9-5-30(40)24-49)60-35-10-6-32(7-11-35)53-25-31-4-3-29(19-38(31)44(53)57)2-1-28-15-17-51(18-16-28)34-22-47(23-34)26-52(27-47)33-8-12-37-39(20-33)46(59)54(45(37)58)41-13-14-42(55)50-43(41)56/h3-5,8-9,12,19-21,28,32,34-35,41H,6-7,10-11,13-18,22-23,25-27H2,(H,50,55,56)/t32-,35-,41?. The van der Waals surface area contributed by atoms with Gasteiger partial charge >= 0.3 is 0 Å². The third-order valence-corrected chi connectivity index (χ3v) is 14.3. The number of fused-ring (bicyclic) bond motifs is 2. The van der Waals surface area contributed by atoms with Gasteiger partial charge in [-0.05, 0) is 119 Å². The molecule has 7 aliphatic rings. The maximum Gasteiger partial charge on any atom is 0.262 e. The topological polar surface area (TPSA) is 143 Å². The average Bonchev–Trinajstić information content (AvgIpc) is 3.67. The number of likely N-dealkylation sites (tertiary alicyclic amines) is 1. The van der Waals surface area contributed by atoms with Crippen LogP contribution in [-0.4, -0.2) is 94.6 Å². The normalized spacial score (nSPS) is 25.2. The molecule has 1 unspecified atom stereocenters. The molecular formula is C47H45ClN6O6. The fraction of sp³-hybridized carbons (Fsp3) is 0.447. The smallest absolute Gasteiger partial charge is 0.262 e. The number of carbonyl (C=O) groups excluding carboxylic acids is 5. The summed E-state index contributed by atoms with van der Waals surface area (Å²) in [5, 5.41) is 11.8. The SMILES string of the molecule is N#Cc1ccc(O[C@H]2CC[C@H](N3Cc4ccc(C#CC5CCN(C6CC7(C6)CN(c6ccc8c(c6)C(=O)N(C6CCC(=O)NC6=O)C8=O)C7)CC5)cc4C3=O)CC2)cc1Cl. The first-order chi connectivity index (χ1) is 29.0. The highest BCUT2D eigenvalue weighted by molar-refractivity contribution is 6.31. The Labute approximate surface area is 353 Å². The lowest BCUT2D eigenvalue weighted by Crippen LogP contribution is -2.67. The average molecular weight is 825 g/mol. The van der Waals surface area contributed by atoms with Crippen LogP contribution in [-0.2, 0) is 16.1 Å². The van der Waals surface area contributed by atoms with E-state index < -0.39 is 23.8 Å². The number of carbonyl (C=O) groups is 5. The number of benzene rings is 3. The van der Waals surface area contributed by atoms with E-state index in [2.05, 4.69) is 45.2 Å². The molecule has 5 fully saturated rings. The van der Waals surface area contributed by atoms with Crippen LogP contribution >= 0.6 is 11.6 Å². The molecule has 60 heavy (non-hydrogen) atoms. The molecule has 0 radical (unpaired) electrons. The Balaban J connectivity index is 0.673. The van der Waals surface area contributed by atoms with Gasteiger partial charge in [-0.3, -0.25) is 34.2 Å². The third-order valence-electron chi connectivity index (χ3n) is 14.0. The minimum absolute atomic E-state index is 0.0514. The van der Waals surface area contributed by atoms with Crippen LogP contribution in [0.4, 0.5) is 5.69 Å². The van der Waals surface area contributed by atoms with Gasteiger partial charge in [-0.1, -0.05) is 29.5 Å². The Morgan fingerprint density at radius 2 is 1.55 bits per heavy atom. The maximum atomic E-state index is 13.6. The first-order valence-electron chi connectivity index (χ1n) is 21.2. The molecule has 5 amide bonds. The van der Waals surface area contributed by atoms with Gasteiger partial charge < -0.3 is 19.4 Å². The number of halogens is 1. The second-order valence-electron chi connectivity index (χ2n) is 17.8. The van der Waals surface area contributed by atoms with Gasteiger partial charge in [0.25, 0.3) is 17.7 Å². The van der Waals surface area contributed by atoms with Gasteiger partial charge in [-0.25, -0.2) is 0 Å². The summed E-state index contributed by atoms with van der Waals surface area (Å²) in [6.07, 6.45) is 8.09. The first-order valence-corrected chi connectivity index (χ1v) is 21.6. The van der Waals surface area contributed by atoms with E-state index in [1.54, 1.807) is 30.3 Å². The number of anilines is 1. The van der Waals surface area contributed by atoms with Gasteiger partial charge in [0.1, 0.15) is 17.9 Å². The van der Waals surface area contributed by atoms with Crippen LogP contribution in [0.1, 0.15) is 112 Å². The van der Waals surface area contributed by atoms with Crippen LogP contribution in [0.15, 0.2) is 54.6 Å². The Morgan fingerprint density at radius 1 is 0.783 bits per heavy atom. The van der Waals surface area contributed by atoms with Crippen molar-refractivity contribution in [1.29, 1.82) is 5.26 Å². The molecule has 3 saturated heterocycles. The van der Waals surface area contributed by atoms with Crippen molar-refractivity contribution in [2.45, 2.75) is 95.0 Å². The van der Waals surface area contributed by atoms with Crippen molar-refractivity contribution in [3.63, 3.8) is 0 Å². The number of nitrogens with zero attached hydrogens (tertiary/aromatic N) is 5. The monoisotopic (exact) mass is 824 g/mol. The molecule has 5 aliphatic heterocycles. The lowest BCUT2D eigenvalue weighted by molar-refractivity contribution is -0.136. The van der Waals surface area contributed by atoms with E-state index in [1.165, 1.54) is 0 Å². The number of ether oxygens (including phenoxy) is 1. The first kappa shape index (κ1) is 38.5. The van der Waals surface area contributed by atoms with E-state index in [0.29, 0.717) is 46.0 Å². The molecule has 3 aromatic rings. The summed E-state index contributed by atoms with van der Waals surface area (Å²) in [5.41, 5.74) is 4.97. The summed E-state index contributed by atoms with van der Waals surface area (Å²) >= 11 is 6.19. The maximum absolute atomic E-state index is 13.6. The van der Waals surface area contributed by atoms with Crippen LogP contribution in [0.3, 0.4) is 0 Å². The summed E-state index contributed by atoms with van der Waals surface area (Å²) in [5.74, 6) is 6.08. The van der Waals surface area contributed by atoms with Crippen molar-refractivity contribution in [2.75, 3.05) is 31.1 Å². The molecule has 5 heterocycles. The molecule has 3 aromatic carbocycles. The van der Waals surface area contributed by atoms with Crippen molar-refractivity contribution in [1.82, 2.24) is 20.0 Å². The molecule has 1 N–H and O–H groups in total. The molecule has 0 aromatic heterocycles. The van der Waals surface area contributed by atoms with Gasteiger partial charge in [0.2, 0.25) is 11.8 Å². The fourth-order valence-corrected chi connectivity index (χ4v) is 10.9. The molecule has 2 aliphatic carbocycles. The summed E-state index contributed by atoms with van der Waals surface area (Å²) in [6.45, 7) is 4.52. The lowest BCUT2D eigenvalue weighted by Gasteiger charge is -2.62. The van der Waals surface area contributed by atoms with Crippen LogP contribution in [0.5, 0.6) is 5.75 Å². The third kappa shape index (κ3) is 6.90. The van der Waals surface area contributed by atoms with Crippen LogP contribution < -0.4 is 15.0 Å². The van der Waals surface area contributed by atoms with Gasteiger partial charge in [0.05, 0.1) is 27.8 Å². The molecular weight excluding hydrogens is 780 g/mol. The summed E-state index contributed by atoms with van der Waals surface area (Å²) in [4.78, 5) is 72.1. The van der Waals surface area contributed by atoms with E-state index in [4.69, 9.17) is 21.6 Å². The van der Waals surface area contributed by atoms with Crippen LogP contribution in [0, 0.1) is 34.5 Å². The number of nitriles is 1. The summed E-state index contributed by atoms with van der Waals surface area (Å²) in [7, 11) is 0. The zero-order valence-electron chi connectivity index (χ0n) is 33.3. The van der Waals surface area contributed by atoms with Crippen LogP contribution in [0.2, 0.25) is 5.02 Å². The minimum atomic E-state index is -0.965. The number of hydrogen-bond donors (Lipinski definition) is 1. The highest BCUT2D eigenvalue weighted by atomic mass is 35.5. The largest absolute Gasteiger partial charge is 0.490 e. The molecule has 1 atom stereocenters. The molecule has 10 rings (SSSR count). The van der Waals surface area contributed by atoms with Crippen molar-refractivity contribution >= 4 is 46.8 Å². The van der Waals surface area contributed by atoms with Gasteiger partial charge in [0.15, 0.2) is 0 Å². The zero-order chi connectivity index (χ0) is 41.3. The molecule has 306 valence electrons. The second-order valence-corrected chi connectivity index (χ2v) is 18.2. The Bertz CT molecular complexity index is 2440. The quantitative estimate of drug-likeness (QED) is 0.245. The fourth-order valence-electron chi connectivity index (χ4n) is 10.7. The number of amides is 5. The van der Waals surface area contributed by atoms with Gasteiger partial charge in [-0.2, -0.15) is 5.26 Å².